The zero-order chi connectivity index (χ0) is 37.7. The number of para-hydroxylation sites is 2. The summed E-state index contributed by atoms with van der Waals surface area (Å²) in [6, 6.07) is 21.3. The highest BCUT2D eigenvalue weighted by Gasteiger charge is 2.77. The predicted octanol–water partition coefficient (Wildman–Crippen LogP) is 7.60. The summed E-state index contributed by atoms with van der Waals surface area (Å²) in [7, 11) is 0. The minimum atomic E-state index is -2.73. The maximum absolute atomic E-state index is 15.2. The number of alkyl halides is 2. The van der Waals surface area contributed by atoms with Gasteiger partial charge in [0.2, 0.25) is 17.6 Å². The van der Waals surface area contributed by atoms with Gasteiger partial charge in [0.1, 0.15) is 11.4 Å². The van der Waals surface area contributed by atoms with Crippen LogP contribution in [-0.4, -0.2) is 38.5 Å². The minimum absolute atomic E-state index is 0.0406. The monoisotopic (exact) mass is 767 g/mol. The van der Waals surface area contributed by atoms with Crippen molar-refractivity contribution in [3.05, 3.63) is 125 Å². The van der Waals surface area contributed by atoms with Crippen LogP contribution in [0.1, 0.15) is 24.3 Å². The van der Waals surface area contributed by atoms with Crippen molar-refractivity contribution in [2.75, 3.05) is 15.1 Å². The summed E-state index contributed by atoms with van der Waals surface area (Å²) in [5.74, 6) is -22.0. The Bertz CT molecular complexity index is 2280. The molecule has 15 heteroatoms. The molecule has 53 heavy (non-hydrogen) atoms. The largest absolute Gasteiger partial charge is 0.508 e. The Morgan fingerprint density at radius 1 is 0.679 bits per heavy atom. The average molecular weight is 769 g/mol. The number of rotatable bonds is 5. The molecule has 4 aromatic rings. The van der Waals surface area contributed by atoms with Gasteiger partial charge in [-0.05, 0) is 61.2 Å². The van der Waals surface area contributed by atoms with E-state index in [1.165, 1.54) is 24.3 Å². The molecule has 4 aromatic carbocycles. The Kier molecular flexibility index (Phi) is 7.97. The van der Waals surface area contributed by atoms with Gasteiger partial charge in [-0.3, -0.25) is 24.1 Å². The third-order valence-electron chi connectivity index (χ3n) is 10.7. The zero-order valence-corrected chi connectivity index (χ0v) is 28.4. The molecule has 4 aliphatic rings. The van der Waals surface area contributed by atoms with Gasteiger partial charge >= 0.3 is 0 Å². The van der Waals surface area contributed by atoms with E-state index in [1.54, 1.807) is 30.3 Å². The van der Waals surface area contributed by atoms with E-state index in [0.717, 1.165) is 10.6 Å². The molecule has 2 saturated heterocycles. The second-order valence-corrected chi connectivity index (χ2v) is 14.5. The zero-order valence-electron chi connectivity index (χ0n) is 26.9. The molecule has 270 valence electrons. The van der Waals surface area contributed by atoms with Gasteiger partial charge in [-0.1, -0.05) is 48.0 Å². The number of carbonyl (C=O) groups excluding carboxylic acids is 4. The fourth-order valence-corrected chi connectivity index (χ4v) is 9.21. The number of anilines is 4. The van der Waals surface area contributed by atoms with Crippen LogP contribution in [-0.2, 0) is 19.2 Å². The molecule has 8 nitrogen and oxygen atoms in total. The molecule has 0 bridgehead atoms. The Balaban J connectivity index is 1.23. The summed E-state index contributed by atoms with van der Waals surface area (Å²) in [5, 5.41) is 14.3. The highest BCUT2D eigenvalue weighted by atomic mass is 35.5. The number of amides is 4. The predicted molar refractivity (Wildman–Crippen MR) is 183 cm³/mol. The van der Waals surface area contributed by atoms with Crippen molar-refractivity contribution >= 4 is 69.6 Å². The standard InChI is InChI=1S/C38H24Cl2F5N3O5/c39-37-16-23-20(14-15-22-25(23)34(51)47(33(22)50)19-12-10-18(11-13-19)46-17-6-2-1-3-7-17)26(21-8-4-5-9-24(21)49)38(37,40)36(53)48(35(37)52)32-30(44)28(42)27(41)29(43)31(32)45/h1-14,22-23,25-26,46,49H,15-16H2. The van der Waals surface area contributed by atoms with Gasteiger partial charge in [0, 0.05) is 22.9 Å². The van der Waals surface area contributed by atoms with Crippen LogP contribution in [0.5, 0.6) is 5.75 Å². The molecule has 8 rings (SSSR count). The second-order valence-electron chi connectivity index (χ2n) is 13.3. The van der Waals surface area contributed by atoms with E-state index in [2.05, 4.69) is 5.32 Å². The van der Waals surface area contributed by atoms with Crippen molar-refractivity contribution in [2.45, 2.75) is 28.5 Å². The highest BCUT2D eigenvalue weighted by molar-refractivity contribution is 6.58. The molecule has 3 fully saturated rings. The molecule has 4 amide bonds. The van der Waals surface area contributed by atoms with Crippen LogP contribution < -0.4 is 15.1 Å². The lowest BCUT2D eigenvalue weighted by Gasteiger charge is -2.50. The van der Waals surface area contributed by atoms with Crippen LogP contribution in [0.25, 0.3) is 0 Å². The molecule has 0 aromatic heterocycles. The van der Waals surface area contributed by atoms with Gasteiger partial charge in [-0.25, -0.2) is 26.9 Å². The third kappa shape index (κ3) is 4.72. The van der Waals surface area contributed by atoms with E-state index in [1.807, 2.05) is 30.3 Å². The van der Waals surface area contributed by atoms with E-state index in [0.29, 0.717) is 5.69 Å². The Labute approximate surface area is 307 Å². The first-order valence-electron chi connectivity index (χ1n) is 16.3. The summed E-state index contributed by atoms with van der Waals surface area (Å²) < 4.78 is 73.4. The van der Waals surface area contributed by atoms with Crippen LogP contribution in [0.4, 0.5) is 44.7 Å². The highest BCUT2D eigenvalue weighted by Crippen LogP contribution is 2.66. The van der Waals surface area contributed by atoms with E-state index >= 15 is 8.78 Å². The van der Waals surface area contributed by atoms with Crippen molar-refractivity contribution in [3.63, 3.8) is 0 Å². The number of phenols is 1. The molecule has 6 unspecified atom stereocenters. The first kappa shape index (κ1) is 34.8. The normalized spacial score (nSPS) is 27.8. The second kappa shape index (κ2) is 12.1. The van der Waals surface area contributed by atoms with E-state index in [4.69, 9.17) is 23.2 Å². The van der Waals surface area contributed by atoms with Crippen LogP contribution in [0.15, 0.2) is 90.5 Å². The molecule has 2 aliphatic carbocycles. The average Bonchev–Trinajstić information content (AvgIpc) is 3.49. The maximum atomic E-state index is 15.2. The van der Waals surface area contributed by atoms with Gasteiger partial charge in [0.05, 0.1) is 17.5 Å². The maximum Gasteiger partial charge on any atom is 0.258 e. The molecular formula is C38H24Cl2F5N3O5. The Hall–Kier alpha value is -5.27. The number of nitrogens with zero attached hydrogens (tertiary/aromatic N) is 2. The number of hydrogen-bond acceptors (Lipinski definition) is 6. The van der Waals surface area contributed by atoms with Crippen LogP contribution >= 0.6 is 23.2 Å². The number of carbonyl (C=O) groups is 4. The van der Waals surface area contributed by atoms with Crippen LogP contribution in [0.2, 0.25) is 0 Å². The van der Waals surface area contributed by atoms with E-state index < -0.39 is 104 Å². The molecule has 6 atom stereocenters. The molecule has 0 spiro atoms. The Morgan fingerprint density at radius 3 is 1.91 bits per heavy atom. The van der Waals surface area contributed by atoms with Crippen molar-refractivity contribution in [3.8, 4) is 5.75 Å². The number of halogens is 7. The van der Waals surface area contributed by atoms with E-state index in [9.17, 15) is 37.5 Å². The van der Waals surface area contributed by atoms with Crippen molar-refractivity contribution < 1.29 is 46.2 Å². The molecule has 1 saturated carbocycles. The van der Waals surface area contributed by atoms with Gasteiger partial charge < -0.3 is 10.4 Å². The SMILES string of the molecule is O=C1C2CC=C3C(CC4(Cl)C(=O)N(c5c(F)c(F)c(F)c(F)c5F)C(=O)C4(Cl)C3c3ccccc3O)C2C(=O)N1c1ccc(Nc2ccccc2)cc1. The number of hydrogen-bond donors (Lipinski definition) is 2. The fraction of sp³-hybridized carbons (Fsp3) is 0.211. The van der Waals surface area contributed by atoms with Gasteiger partial charge in [0.15, 0.2) is 33.0 Å². The number of allylic oxidation sites excluding steroid dienone is 2. The Morgan fingerprint density at radius 2 is 1.26 bits per heavy atom. The number of phenolic OH excluding ortho intramolecular Hbond substituents is 1. The lowest BCUT2D eigenvalue weighted by Crippen LogP contribution is -2.60. The van der Waals surface area contributed by atoms with Gasteiger partial charge in [-0.15, -0.1) is 23.2 Å². The van der Waals surface area contributed by atoms with Gasteiger partial charge in [-0.2, -0.15) is 0 Å². The summed E-state index contributed by atoms with van der Waals surface area (Å²) in [4.78, 5) is 52.3. The summed E-state index contributed by atoms with van der Waals surface area (Å²) >= 11 is 14.2. The summed E-state index contributed by atoms with van der Waals surface area (Å²) in [5.41, 5.74) is 0.00378. The van der Waals surface area contributed by atoms with Crippen molar-refractivity contribution in [1.29, 1.82) is 0 Å². The topological polar surface area (TPSA) is 107 Å². The third-order valence-corrected chi connectivity index (χ3v) is 12.1. The molecule has 2 aliphatic heterocycles. The first-order chi connectivity index (χ1) is 25.2. The minimum Gasteiger partial charge on any atom is -0.508 e. The molecule has 2 N–H and O–H groups in total. The lowest BCUT2D eigenvalue weighted by atomic mass is 9.56. The van der Waals surface area contributed by atoms with Crippen LogP contribution in [0, 0.1) is 46.8 Å². The first-order valence-corrected chi connectivity index (χ1v) is 17.0. The van der Waals surface area contributed by atoms with Crippen molar-refractivity contribution in [2.24, 2.45) is 17.8 Å². The number of nitrogens with one attached hydrogen (secondary N) is 1. The number of imide groups is 2. The fourth-order valence-electron chi connectivity index (χ4n) is 8.28. The van der Waals surface area contributed by atoms with Crippen molar-refractivity contribution in [1.82, 2.24) is 0 Å². The number of fused-ring (bicyclic) bond motifs is 4. The number of benzene rings is 4. The summed E-state index contributed by atoms with van der Waals surface area (Å²) in [6.07, 6.45) is 0.864. The lowest BCUT2D eigenvalue weighted by molar-refractivity contribution is -0.125. The molecular weight excluding hydrogens is 744 g/mol. The van der Waals surface area contributed by atoms with E-state index in [-0.39, 0.29) is 28.1 Å². The molecule has 2 heterocycles. The van der Waals surface area contributed by atoms with Crippen LogP contribution in [0.3, 0.4) is 0 Å². The number of aromatic hydroxyl groups is 1. The molecule has 0 radical (unpaired) electrons. The summed E-state index contributed by atoms with van der Waals surface area (Å²) in [6.45, 7) is 0. The van der Waals surface area contributed by atoms with Gasteiger partial charge in [0.25, 0.3) is 11.8 Å². The smallest absolute Gasteiger partial charge is 0.258 e. The quantitative estimate of drug-likeness (QED) is 0.0542.